The molecule has 1 amide bonds. The number of benzene rings is 1. The maximum absolute atomic E-state index is 12.5. The van der Waals surface area contributed by atoms with Gasteiger partial charge in [0.1, 0.15) is 0 Å². The molecule has 180 valence electrons. The number of ether oxygens (including phenoxy) is 1. The van der Waals surface area contributed by atoms with Gasteiger partial charge in [-0.1, -0.05) is 6.07 Å². The van der Waals surface area contributed by atoms with Gasteiger partial charge in [-0.15, -0.1) is 0 Å². The van der Waals surface area contributed by atoms with Gasteiger partial charge >= 0.3 is 6.55 Å². The number of allylic oxidation sites excluding steroid dienone is 1. The minimum atomic E-state index is -2.78. The zero-order valence-corrected chi connectivity index (χ0v) is 19.1. The number of aryl methyl sites for hydroxylation is 1. The molecule has 0 unspecified atom stereocenters. The first-order valence-electron chi connectivity index (χ1n) is 11.5. The molecule has 1 fully saturated rings. The molecule has 0 bridgehead atoms. The normalized spacial score (nSPS) is 18.9. The highest BCUT2D eigenvalue weighted by Gasteiger charge is 2.34. The van der Waals surface area contributed by atoms with Gasteiger partial charge in [0, 0.05) is 61.4 Å². The summed E-state index contributed by atoms with van der Waals surface area (Å²) in [6.45, 7) is 2.17. The number of hydrogen-bond acceptors (Lipinski definition) is 6. The van der Waals surface area contributed by atoms with Crippen LogP contribution in [0, 0.1) is 0 Å². The average Bonchev–Trinajstić information content (AvgIpc) is 3.15. The van der Waals surface area contributed by atoms with Crippen molar-refractivity contribution in [2.75, 3.05) is 31.2 Å². The largest absolute Gasteiger partial charge is 0.404 e. The summed E-state index contributed by atoms with van der Waals surface area (Å²) in [7, 11) is 0. The van der Waals surface area contributed by atoms with E-state index < -0.39 is 6.55 Å². The summed E-state index contributed by atoms with van der Waals surface area (Å²) in [5.74, 6) is 0.946. The molecule has 4 heterocycles. The van der Waals surface area contributed by atoms with Crippen molar-refractivity contribution in [1.82, 2.24) is 14.7 Å². The molecule has 1 aromatic carbocycles. The number of halogens is 2. The van der Waals surface area contributed by atoms with E-state index in [1.54, 1.807) is 6.92 Å². The molecule has 1 aromatic heterocycles. The van der Waals surface area contributed by atoms with Crippen molar-refractivity contribution in [3.8, 4) is 0 Å². The highest BCUT2D eigenvalue weighted by Crippen LogP contribution is 2.39. The van der Waals surface area contributed by atoms with Crippen molar-refractivity contribution in [2.45, 2.75) is 45.3 Å². The number of alkyl halides is 2. The second-order valence-corrected chi connectivity index (χ2v) is 8.85. The lowest BCUT2D eigenvalue weighted by Gasteiger charge is -2.33. The molecular weight excluding hydrogens is 442 g/mol. The fraction of sp³-hybridized carbons (Fsp3) is 0.458. The molecule has 5 rings (SSSR count). The van der Waals surface area contributed by atoms with Crippen LogP contribution in [0.5, 0.6) is 0 Å². The number of rotatable bonds is 5. The third kappa shape index (κ3) is 4.06. The van der Waals surface area contributed by atoms with Crippen molar-refractivity contribution >= 4 is 29.2 Å². The Labute approximate surface area is 196 Å². The van der Waals surface area contributed by atoms with E-state index in [1.165, 1.54) is 11.9 Å². The first-order valence-corrected chi connectivity index (χ1v) is 11.5. The summed E-state index contributed by atoms with van der Waals surface area (Å²) >= 11 is 0. The van der Waals surface area contributed by atoms with Crippen LogP contribution in [-0.2, 0) is 28.9 Å². The quantitative estimate of drug-likeness (QED) is 0.536. The number of nitrogens with zero attached hydrogens (tertiary/aromatic N) is 5. The summed E-state index contributed by atoms with van der Waals surface area (Å²) in [5.41, 5.74) is 11.3. The van der Waals surface area contributed by atoms with E-state index in [9.17, 15) is 13.6 Å². The van der Waals surface area contributed by atoms with Gasteiger partial charge in [-0.2, -0.15) is 13.9 Å². The molecule has 0 radical (unpaired) electrons. The number of fused-ring (bicyclic) bond motifs is 2. The molecule has 0 saturated carbocycles. The van der Waals surface area contributed by atoms with Crippen LogP contribution < -0.4 is 10.6 Å². The number of amides is 1. The molecule has 1 saturated heterocycles. The van der Waals surface area contributed by atoms with Crippen LogP contribution in [0.25, 0.3) is 5.57 Å². The van der Waals surface area contributed by atoms with Gasteiger partial charge in [-0.05, 0) is 36.1 Å². The second kappa shape index (κ2) is 9.17. The van der Waals surface area contributed by atoms with Crippen LogP contribution in [0.1, 0.15) is 41.8 Å². The number of aromatic nitrogens is 2. The Morgan fingerprint density at radius 1 is 1.29 bits per heavy atom. The summed E-state index contributed by atoms with van der Waals surface area (Å²) < 4.78 is 32.6. The van der Waals surface area contributed by atoms with Gasteiger partial charge in [0.2, 0.25) is 5.91 Å². The van der Waals surface area contributed by atoms with Gasteiger partial charge in [-0.3, -0.25) is 9.48 Å². The van der Waals surface area contributed by atoms with Gasteiger partial charge in [-0.25, -0.2) is 4.99 Å². The Bertz CT molecular complexity index is 1150. The van der Waals surface area contributed by atoms with Crippen LogP contribution in [0.2, 0.25) is 0 Å². The minimum absolute atomic E-state index is 0.0616. The Morgan fingerprint density at radius 3 is 2.79 bits per heavy atom. The van der Waals surface area contributed by atoms with Crippen LogP contribution in [0.3, 0.4) is 0 Å². The zero-order valence-electron chi connectivity index (χ0n) is 19.1. The fourth-order valence-corrected chi connectivity index (χ4v) is 4.93. The maximum Gasteiger partial charge on any atom is 0.331 e. The van der Waals surface area contributed by atoms with Crippen molar-refractivity contribution in [2.24, 2.45) is 10.7 Å². The topological polar surface area (TPSA) is 89.0 Å². The van der Waals surface area contributed by atoms with Crippen molar-refractivity contribution in [1.29, 1.82) is 0 Å². The van der Waals surface area contributed by atoms with Crippen LogP contribution in [-0.4, -0.2) is 59.7 Å². The Balaban J connectivity index is 1.52. The number of anilines is 2. The lowest BCUT2D eigenvalue weighted by Crippen LogP contribution is -2.37. The highest BCUT2D eigenvalue weighted by atomic mass is 19.3. The predicted octanol–water partition coefficient (Wildman–Crippen LogP) is 3.04. The molecule has 10 heteroatoms. The number of hydrogen-bond donors (Lipinski definition) is 1. The molecule has 0 spiro atoms. The Hall–Kier alpha value is -3.27. The predicted molar refractivity (Wildman–Crippen MR) is 125 cm³/mol. The van der Waals surface area contributed by atoms with Gasteiger partial charge < -0.3 is 20.3 Å². The highest BCUT2D eigenvalue weighted by molar-refractivity contribution is 6.09. The lowest BCUT2D eigenvalue weighted by molar-refractivity contribution is -0.129. The van der Waals surface area contributed by atoms with Crippen LogP contribution in [0.4, 0.5) is 20.3 Å². The SMILES string of the molecule is CC(=O)N1CCc2c(c(N3CCCc4cc(C(C=NC(F)F)=CN)ccc43)nn2C2COC2)C1. The first kappa shape index (κ1) is 22.5. The average molecular weight is 471 g/mol. The van der Waals surface area contributed by atoms with E-state index in [1.807, 2.05) is 23.1 Å². The van der Waals surface area contributed by atoms with Gasteiger partial charge in [0.05, 0.1) is 25.8 Å². The summed E-state index contributed by atoms with van der Waals surface area (Å²) in [6, 6.07) is 6.08. The molecule has 0 aliphatic carbocycles. The first-order chi connectivity index (χ1) is 16.5. The molecule has 8 nitrogen and oxygen atoms in total. The fourth-order valence-electron chi connectivity index (χ4n) is 4.93. The summed E-state index contributed by atoms with van der Waals surface area (Å²) in [5, 5.41) is 5.04. The van der Waals surface area contributed by atoms with E-state index in [-0.39, 0.29) is 11.9 Å². The maximum atomic E-state index is 12.5. The number of carbonyl (C=O) groups is 1. The molecular formula is C24H28F2N6O2. The Kier molecular flexibility index (Phi) is 6.07. The molecule has 34 heavy (non-hydrogen) atoms. The smallest absolute Gasteiger partial charge is 0.331 e. The van der Waals surface area contributed by atoms with Gasteiger partial charge in [0.15, 0.2) is 5.82 Å². The van der Waals surface area contributed by atoms with Crippen LogP contribution in [0.15, 0.2) is 29.4 Å². The summed E-state index contributed by atoms with van der Waals surface area (Å²) in [4.78, 5) is 19.4. The molecule has 2 aromatic rings. The van der Waals surface area contributed by atoms with E-state index in [2.05, 4.69) is 14.6 Å². The third-order valence-corrected chi connectivity index (χ3v) is 6.77. The van der Waals surface area contributed by atoms with E-state index in [0.29, 0.717) is 31.9 Å². The third-order valence-electron chi connectivity index (χ3n) is 6.77. The minimum Gasteiger partial charge on any atom is -0.404 e. The molecule has 2 N–H and O–H groups in total. The van der Waals surface area contributed by atoms with Crippen LogP contribution >= 0.6 is 0 Å². The number of aliphatic imine (C=N–C) groups is 1. The monoisotopic (exact) mass is 470 g/mol. The standard InChI is InChI=1S/C24H28F2N6O2/c1-15(33)30-8-6-22-20(12-30)23(29-32(22)19-13-34-14-19)31-7-2-3-17-9-16(4-5-21(17)31)18(10-27)11-28-24(25)26/h4-5,9-11,19,24H,2-3,6-8,12-14,27H2,1H3. The number of carbonyl (C=O) groups excluding carboxylic acids is 1. The van der Waals surface area contributed by atoms with E-state index in [4.69, 9.17) is 15.6 Å². The Morgan fingerprint density at radius 2 is 2.12 bits per heavy atom. The molecule has 3 aliphatic rings. The lowest BCUT2D eigenvalue weighted by atomic mass is 9.96. The number of nitrogens with two attached hydrogens (primary N) is 1. The second-order valence-electron chi connectivity index (χ2n) is 8.85. The van der Waals surface area contributed by atoms with Crippen molar-refractivity contribution in [3.63, 3.8) is 0 Å². The van der Waals surface area contributed by atoms with E-state index in [0.717, 1.165) is 60.2 Å². The van der Waals surface area contributed by atoms with E-state index >= 15 is 0 Å². The van der Waals surface area contributed by atoms with Crippen molar-refractivity contribution in [3.05, 3.63) is 46.8 Å². The van der Waals surface area contributed by atoms with Crippen molar-refractivity contribution < 1.29 is 18.3 Å². The summed E-state index contributed by atoms with van der Waals surface area (Å²) in [6.07, 6.45) is 4.97. The molecule has 0 atom stereocenters. The zero-order chi connectivity index (χ0) is 23.8. The van der Waals surface area contributed by atoms with Gasteiger partial charge in [0.25, 0.3) is 0 Å². The molecule has 3 aliphatic heterocycles.